The summed E-state index contributed by atoms with van der Waals surface area (Å²) in [5.41, 5.74) is 0.303. The maximum Gasteiger partial charge on any atom is 0.363 e. The SMILES string of the molecule is CCOP(=O)(OCC)[C@H](O)c1cc(OC)ccc1OC. The van der Waals surface area contributed by atoms with Crippen molar-refractivity contribution in [3.63, 3.8) is 0 Å². The van der Waals surface area contributed by atoms with Crippen LogP contribution in [0, 0.1) is 0 Å². The second kappa shape index (κ2) is 7.64. The minimum atomic E-state index is -3.68. The van der Waals surface area contributed by atoms with Gasteiger partial charge in [-0.05, 0) is 32.0 Å². The normalized spacial score (nSPS) is 13.1. The summed E-state index contributed by atoms with van der Waals surface area (Å²) in [4.78, 5) is 0. The predicted molar refractivity (Wildman–Crippen MR) is 75.4 cm³/mol. The van der Waals surface area contributed by atoms with Gasteiger partial charge >= 0.3 is 7.60 Å². The average Bonchev–Trinajstić information content (AvgIpc) is 2.46. The zero-order valence-electron chi connectivity index (χ0n) is 12.2. The molecular weight excluding hydrogens is 283 g/mol. The van der Waals surface area contributed by atoms with Crippen LogP contribution >= 0.6 is 7.60 Å². The molecule has 0 spiro atoms. The van der Waals surface area contributed by atoms with E-state index >= 15 is 0 Å². The van der Waals surface area contributed by atoms with Crippen LogP contribution < -0.4 is 9.47 Å². The molecule has 0 aliphatic heterocycles. The molecule has 0 fully saturated rings. The van der Waals surface area contributed by atoms with Crippen LogP contribution in [0.15, 0.2) is 18.2 Å². The Morgan fingerprint density at radius 1 is 1.15 bits per heavy atom. The van der Waals surface area contributed by atoms with Gasteiger partial charge in [-0.25, -0.2) is 0 Å². The first-order chi connectivity index (χ1) is 9.52. The van der Waals surface area contributed by atoms with Crippen molar-refractivity contribution in [3.8, 4) is 11.5 Å². The van der Waals surface area contributed by atoms with Gasteiger partial charge in [0, 0.05) is 5.56 Å². The number of aliphatic hydroxyl groups excluding tert-OH is 1. The van der Waals surface area contributed by atoms with E-state index in [1.54, 1.807) is 32.0 Å². The van der Waals surface area contributed by atoms with Crippen molar-refractivity contribution in [2.24, 2.45) is 0 Å². The van der Waals surface area contributed by atoms with Gasteiger partial charge in [0.05, 0.1) is 27.4 Å². The fourth-order valence-electron chi connectivity index (χ4n) is 1.75. The van der Waals surface area contributed by atoms with Gasteiger partial charge < -0.3 is 23.6 Å². The Balaban J connectivity index is 3.22. The van der Waals surface area contributed by atoms with Crippen LogP contribution in [0.5, 0.6) is 11.5 Å². The Bertz CT molecular complexity index is 466. The van der Waals surface area contributed by atoms with E-state index in [1.165, 1.54) is 14.2 Å². The number of hydrogen-bond acceptors (Lipinski definition) is 6. The van der Waals surface area contributed by atoms with Crippen molar-refractivity contribution < 1.29 is 28.2 Å². The molecule has 1 rings (SSSR count). The standard InChI is InChI=1S/C13H21O6P/c1-5-18-20(15,19-6-2)13(14)11-9-10(16-3)7-8-12(11)17-4/h7-9,13-14H,5-6H2,1-4H3/t13-/m0/s1. The number of methoxy groups -OCH3 is 2. The number of hydrogen-bond donors (Lipinski definition) is 1. The smallest absolute Gasteiger partial charge is 0.363 e. The number of benzene rings is 1. The highest BCUT2D eigenvalue weighted by molar-refractivity contribution is 7.54. The summed E-state index contributed by atoms with van der Waals surface area (Å²) in [5.74, 6) is -0.537. The van der Waals surface area contributed by atoms with Crippen molar-refractivity contribution in [2.45, 2.75) is 19.7 Å². The summed E-state index contributed by atoms with van der Waals surface area (Å²) in [5, 5.41) is 10.4. The van der Waals surface area contributed by atoms with Crippen LogP contribution in [0.25, 0.3) is 0 Å². The van der Waals surface area contributed by atoms with Gasteiger partial charge in [0.1, 0.15) is 11.5 Å². The monoisotopic (exact) mass is 304 g/mol. The van der Waals surface area contributed by atoms with E-state index in [0.717, 1.165) is 0 Å². The molecule has 6 nitrogen and oxygen atoms in total. The maximum absolute atomic E-state index is 12.6. The third-order valence-electron chi connectivity index (χ3n) is 2.63. The van der Waals surface area contributed by atoms with E-state index in [4.69, 9.17) is 18.5 Å². The summed E-state index contributed by atoms with van der Waals surface area (Å²) < 4.78 is 33.2. The lowest BCUT2D eigenvalue weighted by molar-refractivity contribution is 0.148. The largest absolute Gasteiger partial charge is 0.497 e. The molecule has 1 aromatic carbocycles. The minimum Gasteiger partial charge on any atom is -0.497 e. The molecule has 0 aliphatic carbocycles. The van der Waals surface area contributed by atoms with Crippen LogP contribution in [0.3, 0.4) is 0 Å². The Labute approximate surface area is 119 Å². The first kappa shape index (κ1) is 17.0. The number of rotatable bonds is 8. The summed E-state index contributed by atoms with van der Waals surface area (Å²) in [7, 11) is -0.718. The topological polar surface area (TPSA) is 74.2 Å². The van der Waals surface area contributed by atoms with Gasteiger partial charge in [-0.15, -0.1) is 0 Å². The van der Waals surface area contributed by atoms with E-state index < -0.39 is 13.4 Å². The lowest BCUT2D eigenvalue weighted by Crippen LogP contribution is -2.08. The van der Waals surface area contributed by atoms with Crippen LogP contribution in [-0.4, -0.2) is 32.5 Å². The van der Waals surface area contributed by atoms with Crippen molar-refractivity contribution in [1.29, 1.82) is 0 Å². The first-order valence-corrected chi connectivity index (χ1v) is 7.92. The van der Waals surface area contributed by atoms with Crippen LogP contribution in [0.4, 0.5) is 0 Å². The highest BCUT2D eigenvalue weighted by Crippen LogP contribution is 2.61. The molecule has 0 saturated heterocycles. The Kier molecular flexibility index (Phi) is 6.49. The van der Waals surface area contributed by atoms with Gasteiger partial charge in [-0.3, -0.25) is 4.57 Å². The molecule has 0 bridgehead atoms. The average molecular weight is 304 g/mol. The third-order valence-corrected chi connectivity index (χ3v) is 4.75. The quantitative estimate of drug-likeness (QED) is 0.744. The minimum absolute atomic E-state index is 0.167. The molecule has 1 atom stereocenters. The molecule has 1 N–H and O–H groups in total. The van der Waals surface area contributed by atoms with E-state index in [-0.39, 0.29) is 13.2 Å². The molecule has 114 valence electrons. The van der Waals surface area contributed by atoms with Crippen molar-refractivity contribution in [1.82, 2.24) is 0 Å². The third kappa shape index (κ3) is 3.73. The molecule has 20 heavy (non-hydrogen) atoms. The van der Waals surface area contributed by atoms with Crippen molar-refractivity contribution in [3.05, 3.63) is 23.8 Å². The molecule has 0 heterocycles. The fraction of sp³-hybridized carbons (Fsp3) is 0.538. The van der Waals surface area contributed by atoms with Gasteiger partial charge in [-0.1, -0.05) is 0 Å². The molecule has 1 aromatic rings. The molecule has 0 aliphatic rings. The predicted octanol–water partition coefficient (Wildman–Crippen LogP) is 2.96. The molecule has 0 saturated carbocycles. The Morgan fingerprint density at radius 3 is 2.20 bits per heavy atom. The second-order valence-electron chi connectivity index (χ2n) is 3.86. The second-order valence-corrected chi connectivity index (χ2v) is 5.94. The van der Waals surface area contributed by atoms with Crippen molar-refractivity contribution in [2.75, 3.05) is 27.4 Å². The summed E-state index contributed by atoms with van der Waals surface area (Å²) in [6, 6.07) is 4.86. The number of aliphatic hydroxyl groups is 1. The van der Waals surface area contributed by atoms with Crippen LogP contribution in [0.1, 0.15) is 25.3 Å². The number of ether oxygens (including phenoxy) is 2. The highest BCUT2D eigenvalue weighted by Gasteiger charge is 2.37. The van der Waals surface area contributed by atoms with Crippen LogP contribution in [-0.2, 0) is 13.6 Å². The van der Waals surface area contributed by atoms with Gasteiger partial charge in [0.2, 0.25) is 0 Å². The van der Waals surface area contributed by atoms with E-state index in [2.05, 4.69) is 0 Å². The van der Waals surface area contributed by atoms with E-state index in [9.17, 15) is 9.67 Å². The summed E-state index contributed by atoms with van der Waals surface area (Å²) >= 11 is 0. The Morgan fingerprint density at radius 2 is 1.75 bits per heavy atom. The van der Waals surface area contributed by atoms with Gasteiger partial charge in [-0.2, -0.15) is 0 Å². The van der Waals surface area contributed by atoms with E-state index in [1.807, 2.05) is 0 Å². The summed E-state index contributed by atoms with van der Waals surface area (Å²) in [6.07, 6.45) is 0. The lowest BCUT2D eigenvalue weighted by Gasteiger charge is -2.24. The first-order valence-electron chi connectivity index (χ1n) is 6.31. The molecule has 0 radical (unpaired) electrons. The molecule has 7 heteroatoms. The lowest BCUT2D eigenvalue weighted by atomic mass is 10.2. The zero-order valence-corrected chi connectivity index (χ0v) is 13.1. The van der Waals surface area contributed by atoms with E-state index in [0.29, 0.717) is 17.1 Å². The fourth-order valence-corrected chi connectivity index (χ4v) is 3.37. The maximum atomic E-state index is 12.6. The highest BCUT2D eigenvalue weighted by atomic mass is 31.2. The Hall–Kier alpha value is -1.07. The summed E-state index contributed by atoms with van der Waals surface area (Å²) in [6.45, 7) is 3.70. The molecular formula is C13H21O6P. The zero-order chi connectivity index (χ0) is 15.2. The van der Waals surface area contributed by atoms with Crippen LogP contribution in [0.2, 0.25) is 0 Å². The molecule has 0 aromatic heterocycles. The molecule has 0 unspecified atom stereocenters. The van der Waals surface area contributed by atoms with Gasteiger partial charge in [0.15, 0.2) is 5.85 Å². The molecule has 0 amide bonds. The van der Waals surface area contributed by atoms with Crippen molar-refractivity contribution >= 4 is 7.60 Å². The van der Waals surface area contributed by atoms with Gasteiger partial charge in [0.25, 0.3) is 0 Å².